The largest absolute Gasteiger partial charge is 0.390 e. The van der Waals surface area contributed by atoms with E-state index >= 15 is 0 Å². The van der Waals surface area contributed by atoms with Crippen LogP contribution in [0.25, 0.3) is 0 Å². The maximum Gasteiger partial charge on any atom is 0.254 e. The van der Waals surface area contributed by atoms with Crippen LogP contribution in [0.4, 0.5) is 5.00 Å². The second kappa shape index (κ2) is 6.23. The second-order valence-electron chi connectivity index (χ2n) is 5.05. The van der Waals surface area contributed by atoms with Crippen molar-refractivity contribution in [2.24, 2.45) is 0 Å². The monoisotopic (exact) mass is 266 g/mol. The van der Waals surface area contributed by atoms with Crippen molar-refractivity contribution in [3.05, 3.63) is 16.5 Å². The van der Waals surface area contributed by atoms with Gasteiger partial charge in [0, 0.05) is 10.9 Å². The van der Waals surface area contributed by atoms with Crippen molar-refractivity contribution >= 4 is 22.2 Å². The Morgan fingerprint density at radius 2 is 2.22 bits per heavy atom. The average molecular weight is 266 g/mol. The number of anilines is 1. The topological polar surface area (TPSA) is 55.1 Å². The van der Waals surface area contributed by atoms with E-state index in [1.807, 2.05) is 6.07 Å². The lowest BCUT2D eigenvalue weighted by Crippen LogP contribution is -2.25. The van der Waals surface area contributed by atoms with Crippen LogP contribution in [0.2, 0.25) is 0 Å². The average Bonchev–Trinajstić information content (AvgIpc) is 3.07. The molecule has 1 amide bonds. The molecule has 18 heavy (non-hydrogen) atoms. The number of amides is 1. The van der Waals surface area contributed by atoms with Crippen molar-refractivity contribution in [3.8, 4) is 0 Å². The van der Waals surface area contributed by atoms with Crippen LogP contribution in [0.5, 0.6) is 0 Å². The van der Waals surface area contributed by atoms with Crippen LogP contribution in [-0.2, 0) is 6.42 Å². The van der Waals surface area contributed by atoms with Gasteiger partial charge in [-0.1, -0.05) is 26.2 Å². The van der Waals surface area contributed by atoms with Crippen LogP contribution < -0.4 is 11.1 Å². The molecule has 0 aliphatic heterocycles. The number of carbonyl (C=O) groups is 1. The second-order valence-corrected chi connectivity index (χ2v) is 6.22. The van der Waals surface area contributed by atoms with E-state index in [9.17, 15) is 4.79 Å². The summed E-state index contributed by atoms with van der Waals surface area (Å²) >= 11 is 1.57. The Morgan fingerprint density at radius 1 is 1.44 bits per heavy atom. The van der Waals surface area contributed by atoms with Gasteiger partial charge in [-0.25, -0.2) is 0 Å². The zero-order valence-corrected chi connectivity index (χ0v) is 11.8. The fourth-order valence-electron chi connectivity index (χ4n) is 1.98. The fourth-order valence-corrected chi connectivity index (χ4v) is 2.94. The summed E-state index contributed by atoms with van der Waals surface area (Å²) in [5, 5.41) is 3.65. The van der Waals surface area contributed by atoms with Gasteiger partial charge in [-0.2, -0.15) is 0 Å². The molecule has 1 heterocycles. The van der Waals surface area contributed by atoms with Crippen LogP contribution in [-0.4, -0.2) is 11.9 Å². The standard InChI is InChI=1S/C14H22N2OS/c1-2-3-4-5-6-11-9-12(13(15)18-11)14(17)16-10-7-8-10/h9-10H,2-8,15H2,1H3,(H,16,17). The molecule has 1 aliphatic rings. The molecule has 2 rings (SSSR count). The number of rotatable bonds is 7. The van der Waals surface area contributed by atoms with E-state index in [1.54, 1.807) is 11.3 Å². The van der Waals surface area contributed by atoms with Crippen molar-refractivity contribution in [3.63, 3.8) is 0 Å². The number of thiophene rings is 1. The summed E-state index contributed by atoms with van der Waals surface area (Å²) in [6.07, 6.45) is 8.26. The highest BCUT2D eigenvalue weighted by Crippen LogP contribution is 2.28. The van der Waals surface area contributed by atoms with E-state index < -0.39 is 0 Å². The molecule has 1 saturated carbocycles. The third kappa shape index (κ3) is 3.73. The highest BCUT2D eigenvalue weighted by atomic mass is 32.1. The minimum absolute atomic E-state index is 0.00561. The van der Waals surface area contributed by atoms with Gasteiger partial charge in [-0.15, -0.1) is 11.3 Å². The fraction of sp³-hybridized carbons (Fsp3) is 0.643. The maximum atomic E-state index is 11.9. The minimum Gasteiger partial charge on any atom is -0.390 e. The number of unbranched alkanes of at least 4 members (excludes halogenated alkanes) is 3. The number of aryl methyl sites for hydroxylation is 1. The number of hydrogen-bond donors (Lipinski definition) is 2. The molecular formula is C14H22N2OS. The Balaban J connectivity index is 1.87. The summed E-state index contributed by atoms with van der Waals surface area (Å²) in [6, 6.07) is 2.37. The summed E-state index contributed by atoms with van der Waals surface area (Å²) in [6.45, 7) is 2.21. The van der Waals surface area contributed by atoms with E-state index in [1.165, 1.54) is 30.6 Å². The number of carbonyl (C=O) groups excluding carboxylic acids is 1. The summed E-state index contributed by atoms with van der Waals surface area (Å²) in [5.74, 6) is 0.00561. The lowest BCUT2D eigenvalue weighted by atomic mass is 10.1. The van der Waals surface area contributed by atoms with Crippen LogP contribution in [0.15, 0.2) is 6.07 Å². The smallest absolute Gasteiger partial charge is 0.254 e. The van der Waals surface area contributed by atoms with Crippen LogP contribution in [0.1, 0.15) is 60.7 Å². The molecule has 3 nitrogen and oxygen atoms in total. The first-order valence-electron chi connectivity index (χ1n) is 6.89. The van der Waals surface area contributed by atoms with Gasteiger partial charge in [0.15, 0.2) is 0 Å². The number of nitrogens with two attached hydrogens (primary N) is 1. The van der Waals surface area contributed by atoms with Gasteiger partial charge in [-0.3, -0.25) is 4.79 Å². The van der Waals surface area contributed by atoms with Crippen molar-refractivity contribution in [2.75, 3.05) is 5.73 Å². The van der Waals surface area contributed by atoms with E-state index in [-0.39, 0.29) is 5.91 Å². The summed E-state index contributed by atoms with van der Waals surface area (Å²) in [4.78, 5) is 13.2. The van der Waals surface area contributed by atoms with Gasteiger partial charge in [0.25, 0.3) is 5.91 Å². The van der Waals surface area contributed by atoms with Crippen molar-refractivity contribution < 1.29 is 4.79 Å². The first kappa shape index (κ1) is 13.4. The zero-order chi connectivity index (χ0) is 13.0. The molecule has 0 saturated heterocycles. The van der Waals surface area contributed by atoms with Crippen molar-refractivity contribution in [1.29, 1.82) is 0 Å². The number of nitrogens with one attached hydrogen (secondary N) is 1. The van der Waals surface area contributed by atoms with Crippen molar-refractivity contribution in [1.82, 2.24) is 5.32 Å². The molecule has 1 aliphatic carbocycles. The third-order valence-corrected chi connectivity index (χ3v) is 4.27. The normalized spacial score (nSPS) is 14.7. The molecule has 1 aromatic heterocycles. The van der Waals surface area contributed by atoms with Gasteiger partial charge < -0.3 is 11.1 Å². The van der Waals surface area contributed by atoms with E-state index in [0.29, 0.717) is 16.6 Å². The van der Waals surface area contributed by atoms with Gasteiger partial charge in [0.2, 0.25) is 0 Å². The Hall–Kier alpha value is -1.03. The highest BCUT2D eigenvalue weighted by Gasteiger charge is 2.25. The van der Waals surface area contributed by atoms with Crippen LogP contribution in [0.3, 0.4) is 0 Å². The molecule has 0 bridgehead atoms. The number of nitrogen functional groups attached to an aromatic ring is 1. The molecule has 1 fully saturated rings. The lowest BCUT2D eigenvalue weighted by Gasteiger charge is -2.00. The van der Waals surface area contributed by atoms with E-state index in [4.69, 9.17) is 5.73 Å². The minimum atomic E-state index is 0.00561. The van der Waals surface area contributed by atoms with Gasteiger partial charge >= 0.3 is 0 Å². The molecule has 0 radical (unpaired) electrons. The van der Waals surface area contributed by atoms with Gasteiger partial charge in [0.1, 0.15) is 0 Å². The van der Waals surface area contributed by atoms with Crippen LogP contribution >= 0.6 is 11.3 Å². The first-order valence-corrected chi connectivity index (χ1v) is 7.71. The van der Waals surface area contributed by atoms with Crippen molar-refractivity contribution in [2.45, 2.75) is 57.9 Å². The first-order chi connectivity index (χ1) is 8.70. The molecule has 100 valence electrons. The van der Waals surface area contributed by atoms with Gasteiger partial charge in [-0.05, 0) is 31.7 Å². The summed E-state index contributed by atoms with van der Waals surface area (Å²) < 4.78 is 0. The number of hydrogen-bond acceptors (Lipinski definition) is 3. The molecule has 0 unspecified atom stereocenters. The zero-order valence-electron chi connectivity index (χ0n) is 11.0. The SMILES string of the molecule is CCCCCCc1cc(C(=O)NC2CC2)c(N)s1. The molecule has 0 atom stereocenters. The molecule has 3 N–H and O–H groups in total. The van der Waals surface area contributed by atoms with E-state index in [2.05, 4.69) is 12.2 Å². The molecule has 1 aromatic rings. The Kier molecular flexibility index (Phi) is 4.64. The maximum absolute atomic E-state index is 11.9. The Labute approximate surface area is 113 Å². The summed E-state index contributed by atoms with van der Waals surface area (Å²) in [5.41, 5.74) is 6.60. The molecule has 0 spiro atoms. The molecule has 0 aromatic carbocycles. The Morgan fingerprint density at radius 3 is 2.89 bits per heavy atom. The molecule has 4 heteroatoms. The molecular weight excluding hydrogens is 244 g/mol. The Bertz CT molecular complexity index is 410. The van der Waals surface area contributed by atoms with Crippen LogP contribution in [0, 0.1) is 0 Å². The highest BCUT2D eigenvalue weighted by molar-refractivity contribution is 7.16. The van der Waals surface area contributed by atoms with E-state index in [0.717, 1.165) is 19.3 Å². The third-order valence-electron chi connectivity index (χ3n) is 3.25. The predicted molar refractivity (Wildman–Crippen MR) is 77.1 cm³/mol. The van der Waals surface area contributed by atoms with Gasteiger partial charge in [0.05, 0.1) is 10.6 Å². The summed E-state index contributed by atoms with van der Waals surface area (Å²) in [7, 11) is 0. The lowest BCUT2D eigenvalue weighted by molar-refractivity contribution is 0.0952. The quantitative estimate of drug-likeness (QED) is 0.744. The predicted octanol–water partition coefficient (Wildman–Crippen LogP) is 3.35.